The topological polar surface area (TPSA) is 0 Å². The average Bonchev–Trinajstić information content (AvgIpc) is 2.31. The van der Waals surface area contributed by atoms with Gasteiger partial charge in [0.05, 0.1) is 0 Å². The molecule has 0 bridgehead atoms. The first-order valence-corrected chi connectivity index (χ1v) is 6.09. The highest BCUT2D eigenvalue weighted by Gasteiger charge is 2.48. The zero-order valence-electron chi connectivity index (χ0n) is 9.59. The standard InChI is InChI=1S/C13H24/c1-8(2)10(4)12-7-11-5-9(3)6-13(11)12/h8-13H,5-7H2,1-4H3. The van der Waals surface area contributed by atoms with Crippen molar-refractivity contribution >= 4 is 0 Å². The fraction of sp³-hybridized carbons (Fsp3) is 1.00. The summed E-state index contributed by atoms with van der Waals surface area (Å²) < 4.78 is 0. The van der Waals surface area contributed by atoms with E-state index in [0.29, 0.717) is 0 Å². The van der Waals surface area contributed by atoms with Crippen molar-refractivity contribution in [1.82, 2.24) is 0 Å². The molecular weight excluding hydrogens is 156 g/mol. The van der Waals surface area contributed by atoms with Gasteiger partial charge in [-0.3, -0.25) is 0 Å². The van der Waals surface area contributed by atoms with Gasteiger partial charge in [0.15, 0.2) is 0 Å². The maximum Gasteiger partial charge on any atom is -0.0352 e. The van der Waals surface area contributed by atoms with Crippen LogP contribution in [0.2, 0.25) is 0 Å². The lowest BCUT2D eigenvalue weighted by Gasteiger charge is -2.45. The van der Waals surface area contributed by atoms with Crippen LogP contribution in [-0.2, 0) is 0 Å². The summed E-state index contributed by atoms with van der Waals surface area (Å²) >= 11 is 0. The molecule has 0 aromatic rings. The summed E-state index contributed by atoms with van der Waals surface area (Å²) in [5.41, 5.74) is 0. The van der Waals surface area contributed by atoms with Crippen LogP contribution in [0.15, 0.2) is 0 Å². The zero-order valence-corrected chi connectivity index (χ0v) is 9.59. The van der Waals surface area contributed by atoms with Gasteiger partial charge in [0, 0.05) is 0 Å². The maximum atomic E-state index is 2.47. The first kappa shape index (κ1) is 9.55. The Kier molecular flexibility index (Phi) is 2.42. The van der Waals surface area contributed by atoms with E-state index in [1.807, 2.05) is 0 Å². The zero-order chi connectivity index (χ0) is 9.59. The van der Waals surface area contributed by atoms with E-state index in [1.165, 1.54) is 12.8 Å². The summed E-state index contributed by atoms with van der Waals surface area (Å²) in [5, 5.41) is 0. The second-order valence-electron chi connectivity index (χ2n) is 6.00. The van der Waals surface area contributed by atoms with Gasteiger partial charge in [0.25, 0.3) is 0 Å². The lowest BCUT2D eigenvalue weighted by molar-refractivity contribution is 0.0361. The predicted octanol–water partition coefficient (Wildman–Crippen LogP) is 3.96. The van der Waals surface area contributed by atoms with Crippen LogP contribution in [0.3, 0.4) is 0 Å². The van der Waals surface area contributed by atoms with Crippen LogP contribution in [-0.4, -0.2) is 0 Å². The average molecular weight is 180 g/mol. The molecule has 0 aromatic heterocycles. The molecule has 2 aliphatic carbocycles. The maximum absolute atomic E-state index is 2.47. The summed E-state index contributed by atoms with van der Waals surface area (Å²) in [5.74, 6) is 6.20. The van der Waals surface area contributed by atoms with E-state index in [9.17, 15) is 0 Å². The monoisotopic (exact) mass is 180 g/mol. The summed E-state index contributed by atoms with van der Waals surface area (Å²) in [6.07, 6.45) is 4.62. The molecule has 0 N–H and O–H groups in total. The Hall–Kier alpha value is 0. The molecule has 0 spiro atoms. The minimum Gasteiger partial charge on any atom is -0.0625 e. The van der Waals surface area contributed by atoms with Crippen LogP contribution in [0, 0.1) is 35.5 Å². The highest BCUT2D eigenvalue weighted by molar-refractivity contribution is 4.97. The second-order valence-corrected chi connectivity index (χ2v) is 6.00. The van der Waals surface area contributed by atoms with Crippen molar-refractivity contribution in [3.63, 3.8) is 0 Å². The van der Waals surface area contributed by atoms with Crippen LogP contribution in [0.1, 0.15) is 47.0 Å². The Morgan fingerprint density at radius 2 is 1.69 bits per heavy atom. The van der Waals surface area contributed by atoms with Crippen molar-refractivity contribution in [2.75, 3.05) is 0 Å². The molecule has 2 aliphatic rings. The Morgan fingerprint density at radius 3 is 2.23 bits per heavy atom. The highest BCUT2D eigenvalue weighted by atomic mass is 14.5. The molecule has 2 rings (SSSR count). The van der Waals surface area contributed by atoms with E-state index >= 15 is 0 Å². The molecule has 5 atom stereocenters. The molecule has 0 aromatic carbocycles. The fourth-order valence-corrected chi connectivity index (χ4v) is 3.67. The smallest absolute Gasteiger partial charge is 0.0352 e. The van der Waals surface area contributed by atoms with Crippen molar-refractivity contribution in [2.45, 2.75) is 47.0 Å². The second kappa shape index (κ2) is 3.29. The van der Waals surface area contributed by atoms with Crippen molar-refractivity contribution < 1.29 is 0 Å². The largest absolute Gasteiger partial charge is 0.0625 e. The molecule has 0 radical (unpaired) electrons. The van der Waals surface area contributed by atoms with Gasteiger partial charge in [-0.2, -0.15) is 0 Å². The Labute approximate surface area is 83.1 Å². The SMILES string of the molecule is CC1CC2CC(C(C)C(C)C)C2C1. The van der Waals surface area contributed by atoms with Crippen molar-refractivity contribution in [1.29, 1.82) is 0 Å². The predicted molar refractivity (Wildman–Crippen MR) is 57.5 cm³/mol. The van der Waals surface area contributed by atoms with Gasteiger partial charge >= 0.3 is 0 Å². The molecule has 0 heterocycles. The normalized spacial score (nSPS) is 45.9. The van der Waals surface area contributed by atoms with E-state index in [1.54, 1.807) is 6.42 Å². The fourth-order valence-electron chi connectivity index (χ4n) is 3.67. The van der Waals surface area contributed by atoms with Gasteiger partial charge in [-0.1, -0.05) is 27.7 Å². The molecule has 0 heteroatoms. The van der Waals surface area contributed by atoms with Gasteiger partial charge in [-0.05, 0) is 54.8 Å². The van der Waals surface area contributed by atoms with Crippen LogP contribution in [0.5, 0.6) is 0 Å². The van der Waals surface area contributed by atoms with E-state index in [4.69, 9.17) is 0 Å². The quantitative estimate of drug-likeness (QED) is 0.603. The van der Waals surface area contributed by atoms with Crippen LogP contribution >= 0.6 is 0 Å². The molecule has 5 unspecified atom stereocenters. The molecule has 0 aliphatic heterocycles. The number of rotatable bonds is 2. The van der Waals surface area contributed by atoms with Gasteiger partial charge in [0.2, 0.25) is 0 Å². The van der Waals surface area contributed by atoms with E-state index < -0.39 is 0 Å². The van der Waals surface area contributed by atoms with Crippen molar-refractivity contribution in [2.24, 2.45) is 35.5 Å². The third-order valence-electron chi connectivity index (χ3n) is 4.84. The van der Waals surface area contributed by atoms with Crippen LogP contribution in [0.25, 0.3) is 0 Å². The summed E-state index contributed by atoms with van der Waals surface area (Å²) in [6.45, 7) is 9.68. The molecule has 0 amide bonds. The summed E-state index contributed by atoms with van der Waals surface area (Å²) in [7, 11) is 0. The van der Waals surface area contributed by atoms with Crippen molar-refractivity contribution in [3.8, 4) is 0 Å². The van der Waals surface area contributed by atoms with Crippen molar-refractivity contribution in [3.05, 3.63) is 0 Å². The van der Waals surface area contributed by atoms with E-state index in [2.05, 4.69) is 27.7 Å². The molecule has 2 fully saturated rings. The Bertz CT molecular complexity index is 182. The summed E-state index contributed by atoms with van der Waals surface area (Å²) in [4.78, 5) is 0. The van der Waals surface area contributed by atoms with Gasteiger partial charge in [-0.25, -0.2) is 0 Å². The number of hydrogen-bond donors (Lipinski definition) is 0. The highest BCUT2D eigenvalue weighted by Crippen LogP contribution is 2.56. The molecule has 2 saturated carbocycles. The third-order valence-corrected chi connectivity index (χ3v) is 4.84. The number of hydrogen-bond acceptors (Lipinski definition) is 0. The lowest BCUT2D eigenvalue weighted by Crippen LogP contribution is -2.38. The lowest BCUT2D eigenvalue weighted by atomic mass is 9.60. The minimum absolute atomic E-state index is 0.891. The summed E-state index contributed by atoms with van der Waals surface area (Å²) in [6, 6.07) is 0. The molecule has 13 heavy (non-hydrogen) atoms. The van der Waals surface area contributed by atoms with Crippen LogP contribution in [0.4, 0.5) is 0 Å². The van der Waals surface area contributed by atoms with Gasteiger partial charge in [-0.15, -0.1) is 0 Å². The molecule has 0 nitrogen and oxygen atoms in total. The minimum atomic E-state index is 0.891. The Balaban J connectivity index is 1.92. The first-order chi connectivity index (χ1) is 6.09. The van der Waals surface area contributed by atoms with E-state index in [-0.39, 0.29) is 0 Å². The molecular formula is C13H24. The first-order valence-electron chi connectivity index (χ1n) is 6.09. The van der Waals surface area contributed by atoms with Gasteiger partial charge < -0.3 is 0 Å². The molecule has 76 valence electrons. The van der Waals surface area contributed by atoms with Crippen LogP contribution < -0.4 is 0 Å². The molecule has 0 saturated heterocycles. The Morgan fingerprint density at radius 1 is 1.00 bits per heavy atom. The number of fused-ring (bicyclic) bond motifs is 1. The van der Waals surface area contributed by atoms with Gasteiger partial charge in [0.1, 0.15) is 0 Å². The third kappa shape index (κ3) is 1.53. The van der Waals surface area contributed by atoms with E-state index in [0.717, 1.165) is 35.5 Å².